The lowest BCUT2D eigenvalue weighted by atomic mass is 10.1. The van der Waals surface area contributed by atoms with Gasteiger partial charge in [-0.15, -0.1) is 0 Å². The number of nitrogens with two attached hydrogens (primary N) is 1. The summed E-state index contributed by atoms with van der Waals surface area (Å²) in [5, 5.41) is 10.8. The van der Waals surface area contributed by atoms with E-state index in [1.54, 1.807) is 12.1 Å². The highest BCUT2D eigenvalue weighted by Gasteiger charge is 2.13. The average Bonchev–Trinajstić information content (AvgIpc) is 2.42. The van der Waals surface area contributed by atoms with E-state index < -0.39 is 4.92 Å². The molecule has 1 atom stereocenters. The summed E-state index contributed by atoms with van der Waals surface area (Å²) in [6.45, 7) is 1.89. The van der Waals surface area contributed by atoms with Gasteiger partial charge >= 0.3 is 0 Å². The van der Waals surface area contributed by atoms with Crippen molar-refractivity contribution in [2.75, 3.05) is 0 Å². The van der Waals surface area contributed by atoms with Gasteiger partial charge < -0.3 is 10.5 Å². The fraction of sp³-hybridized carbons (Fsp3) is 0.143. The first-order valence-electron chi connectivity index (χ1n) is 6.05. The van der Waals surface area contributed by atoms with E-state index in [0.717, 1.165) is 10.0 Å². The first-order valence-corrected chi connectivity index (χ1v) is 7.64. The molecular weight excluding hydrogens is 404 g/mol. The monoisotopic (exact) mass is 414 g/mol. The van der Waals surface area contributed by atoms with Crippen molar-refractivity contribution in [1.29, 1.82) is 0 Å². The van der Waals surface area contributed by atoms with Crippen LogP contribution in [0.15, 0.2) is 45.3 Å². The van der Waals surface area contributed by atoms with Crippen molar-refractivity contribution >= 4 is 37.5 Å². The van der Waals surface area contributed by atoms with Gasteiger partial charge in [-0.25, -0.2) is 0 Å². The Morgan fingerprint density at radius 2 is 1.86 bits per heavy atom. The molecule has 5 nitrogen and oxygen atoms in total. The summed E-state index contributed by atoms with van der Waals surface area (Å²) in [4.78, 5) is 10.4. The first-order chi connectivity index (χ1) is 9.88. The predicted octanol–water partition coefficient (Wildman–Crippen LogP) is 4.93. The smallest absolute Gasteiger partial charge is 0.273 e. The van der Waals surface area contributed by atoms with E-state index in [4.69, 9.17) is 10.5 Å². The Kier molecular flexibility index (Phi) is 4.97. The van der Waals surface area contributed by atoms with Crippen LogP contribution in [0.5, 0.6) is 11.5 Å². The molecule has 0 heterocycles. The minimum Gasteiger partial charge on any atom is -0.455 e. The third-order valence-electron chi connectivity index (χ3n) is 2.83. The zero-order valence-electron chi connectivity index (χ0n) is 11.0. The Morgan fingerprint density at radius 3 is 2.43 bits per heavy atom. The molecule has 0 aliphatic rings. The van der Waals surface area contributed by atoms with Gasteiger partial charge in [0.15, 0.2) is 0 Å². The maximum Gasteiger partial charge on any atom is 0.273 e. The minimum atomic E-state index is -0.465. The van der Waals surface area contributed by atoms with Crippen molar-refractivity contribution in [3.63, 3.8) is 0 Å². The van der Waals surface area contributed by atoms with Crippen LogP contribution in [0.1, 0.15) is 18.5 Å². The highest BCUT2D eigenvalue weighted by Crippen LogP contribution is 2.36. The summed E-state index contributed by atoms with van der Waals surface area (Å²) in [5.41, 5.74) is 6.75. The van der Waals surface area contributed by atoms with E-state index in [1.807, 2.05) is 19.1 Å². The van der Waals surface area contributed by atoms with Gasteiger partial charge in [-0.2, -0.15) is 0 Å². The summed E-state index contributed by atoms with van der Waals surface area (Å²) in [6.07, 6.45) is 0. The van der Waals surface area contributed by atoms with E-state index in [9.17, 15) is 10.1 Å². The van der Waals surface area contributed by atoms with E-state index in [2.05, 4.69) is 31.9 Å². The summed E-state index contributed by atoms with van der Waals surface area (Å²) in [5.74, 6) is 0.930. The van der Waals surface area contributed by atoms with Gasteiger partial charge in [0.25, 0.3) is 5.69 Å². The number of nitro benzene ring substituents is 1. The SMILES string of the molecule is C[C@H](N)c1ccc(Oc2cc([N+](=O)[O-])ccc2Br)c(Br)c1. The molecule has 0 fully saturated rings. The largest absolute Gasteiger partial charge is 0.455 e. The number of halogens is 2. The number of ether oxygens (including phenoxy) is 1. The molecule has 0 amide bonds. The van der Waals surface area contributed by atoms with E-state index in [-0.39, 0.29) is 11.7 Å². The van der Waals surface area contributed by atoms with Crippen molar-refractivity contribution in [3.05, 3.63) is 61.0 Å². The molecule has 2 rings (SSSR count). The first kappa shape index (κ1) is 15.9. The molecule has 0 aromatic heterocycles. The molecule has 0 aliphatic carbocycles. The Balaban J connectivity index is 2.34. The van der Waals surface area contributed by atoms with E-state index >= 15 is 0 Å². The second-order valence-electron chi connectivity index (χ2n) is 4.45. The summed E-state index contributed by atoms with van der Waals surface area (Å²) in [6, 6.07) is 9.77. The summed E-state index contributed by atoms with van der Waals surface area (Å²) < 4.78 is 7.09. The molecule has 0 radical (unpaired) electrons. The zero-order chi connectivity index (χ0) is 15.6. The molecular formula is C14H12Br2N2O3. The maximum atomic E-state index is 10.8. The molecule has 7 heteroatoms. The number of hydrogen-bond donors (Lipinski definition) is 1. The highest BCUT2D eigenvalue weighted by atomic mass is 79.9. The van der Waals surface area contributed by atoms with Gasteiger partial charge in [-0.3, -0.25) is 10.1 Å². The molecule has 2 N–H and O–H groups in total. The van der Waals surface area contributed by atoms with Crippen molar-refractivity contribution in [3.8, 4) is 11.5 Å². The Hall–Kier alpha value is -1.44. The van der Waals surface area contributed by atoms with Crippen LogP contribution in [0, 0.1) is 10.1 Å². The zero-order valence-corrected chi connectivity index (χ0v) is 14.2. The summed E-state index contributed by atoms with van der Waals surface area (Å²) >= 11 is 6.73. The van der Waals surface area contributed by atoms with Gasteiger partial charge in [-0.1, -0.05) is 6.07 Å². The van der Waals surface area contributed by atoms with Crippen molar-refractivity contribution in [2.45, 2.75) is 13.0 Å². The number of nitro groups is 1. The van der Waals surface area contributed by atoms with Gasteiger partial charge in [-0.05, 0) is 62.5 Å². The maximum absolute atomic E-state index is 10.8. The lowest BCUT2D eigenvalue weighted by Gasteiger charge is -2.12. The fourth-order valence-electron chi connectivity index (χ4n) is 1.69. The Labute approximate surface area is 138 Å². The van der Waals surface area contributed by atoms with Crippen LogP contribution in [0.3, 0.4) is 0 Å². The molecule has 0 unspecified atom stereocenters. The number of rotatable bonds is 4. The molecule has 21 heavy (non-hydrogen) atoms. The number of non-ortho nitro benzene ring substituents is 1. The third kappa shape index (κ3) is 3.81. The normalized spacial score (nSPS) is 12.0. The van der Waals surface area contributed by atoms with Crippen LogP contribution in [0.25, 0.3) is 0 Å². The quantitative estimate of drug-likeness (QED) is 0.567. The Bertz CT molecular complexity index is 690. The lowest BCUT2D eigenvalue weighted by Crippen LogP contribution is -2.04. The number of benzene rings is 2. The molecule has 110 valence electrons. The van der Waals surface area contributed by atoms with E-state index in [0.29, 0.717) is 16.0 Å². The van der Waals surface area contributed by atoms with E-state index in [1.165, 1.54) is 12.1 Å². The molecule has 2 aromatic carbocycles. The highest BCUT2D eigenvalue weighted by molar-refractivity contribution is 9.11. The number of hydrogen-bond acceptors (Lipinski definition) is 4. The number of nitrogens with zero attached hydrogens (tertiary/aromatic N) is 1. The molecule has 2 aromatic rings. The lowest BCUT2D eigenvalue weighted by molar-refractivity contribution is -0.384. The molecule has 0 aliphatic heterocycles. The Morgan fingerprint density at radius 1 is 1.14 bits per heavy atom. The van der Waals surface area contributed by atoms with Crippen molar-refractivity contribution < 1.29 is 9.66 Å². The van der Waals surface area contributed by atoms with Crippen LogP contribution in [0.2, 0.25) is 0 Å². The fourth-order valence-corrected chi connectivity index (χ4v) is 2.49. The van der Waals surface area contributed by atoms with Gasteiger partial charge in [0.1, 0.15) is 11.5 Å². The second-order valence-corrected chi connectivity index (χ2v) is 6.16. The second kappa shape index (κ2) is 6.55. The van der Waals surface area contributed by atoms with Crippen molar-refractivity contribution in [1.82, 2.24) is 0 Å². The van der Waals surface area contributed by atoms with Crippen molar-refractivity contribution in [2.24, 2.45) is 5.73 Å². The molecule has 0 saturated carbocycles. The van der Waals surface area contributed by atoms with Gasteiger partial charge in [0.2, 0.25) is 0 Å². The predicted molar refractivity (Wildman–Crippen MR) is 87.6 cm³/mol. The molecule has 0 bridgehead atoms. The van der Waals surface area contributed by atoms with Crippen LogP contribution in [-0.2, 0) is 0 Å². The van der Waals surface area contributed by atoms with Crippen LogP contribution in [-0.4, -0.2) is 4.92 Å². The average molecular weight is 416 g/mol. The van der Waals surface area contributed by atoms with Crippen LogP contribution >= 0.6 is 31.9 Å². The summed E-state index contributed by atoms with van der Waals surface area (Å²) in [7, 11) is 0. The van der Waals surface area contributed by atoms with Gasteiger partial charge in [0, 0.05) is 12.1 Å². The standard InChI is InChI=1S/C14H12Br2N2O3/c1-8(17)9-2-5-13(12(16)6-9)21-14-7-10(18(19)20)3-4-11(14)15/h2-8H,17H2,1H3/t8-/m0/s1. The third-order valence-corrected chi connectivity index (χ3v) is 4.10. The van der Waals surface area contributed by atoms with Crippen LogP contribution < -0.4 is 10.5 Å². The molecule has 0 spiro atoms. The topological polar surface area (TPSA) is 78.4 Å². The minimum absolute atomic E-state index is 0.0310. The van der Waals surface area contributed by atoms with Crippen LogP contribution in [0.4, 0.5) is 5.69 Å². The molecule has 0 saturated heterocycles. The van der Waals surface area contributed by atoms with Gasteiger partial charge in [0.05, 0.1) is 19.9 Å².